The number of nitrogens with zero attached hydrogens (tertiary/aromatic N) is 1. The molecule has 2 aliphatic rings. The van der Waals surface area contributed by atoms with E-state index in [0.717, 1.165) is 35.4 Å². The summed E-state index contributed by atoms with van der Waals surface area (Å²) in [6.07, 6.45) is 3.91. The van der Waals surface area contributed by atoms with Crippen molar-refractivity contribution in [2.75, 3.05) is 5.32 Å². The quantitative estimate of drug-likeness (QED) is 0.571. The van der Waals surface area contributed by atoms with Crippen molar-refractivity contribution in [2.45, 2.75) is 32.1 Å². The first kappa shape index (κ1) is 13.1. The Labute approximate surface area is 120 Å². The number of hydrogen-bond acceptors (Lipinski definition) is 5. The number of rotatable bonds is 3. The summed E-state index contributed by atoms with van der Waals surface area (Å²) in [6, 6.07) is 0. The van der Waals surface area contributed by atoms with Crippen LogP contribution in [-0.2, 0) is 17.6 Å². The molecule has 6 nitrogen and oxygen atoms in total. The Kier molecular flexibility index (Phi) is 3.21. The van der Waals surface area contributed by atoms with Gasteiger partial charge in [0.15, 0.2) is 0 Å². The summed E-state index contributed by atoms with van der Waals surface area (Å²) in [7, 11) is 0. The summed E-state index contributed by atoms with van der Waals surface area (Å²) in [5.41, 5.74) is 7.80. The SMILES string of the molecule is N/N=C1\CCc2c(sc(NC(=O)C3CC3)c2C(N)=O)C1. The number of amides is 2. The molecule has 0 aliphatic heterocycles. The van der Waals surface area contributed by atoms with Gasteiger partial charge < -0.3 is 16.9 Å². The third-order valence-electron chi connectivity index (χ3n) is 3.73. The van der Waals surface area contributed by atoms with Crippen LogP contribution < -0.4 is 16.9 Å². The number of hydrogen-bond donors (Lipinski definition) is 3. The van der Waals surface area contributed by atoms with E-state index in [2.05, 4.69) is 10.4 Å². The Bertz CT molecular complexity index is 616. The van der Waals surface area contributed by atoms with E-state index in [0.29, 0.717) is 23.4 Å². The van der Waals surface area contributed by atoms with Gasteiger partial charge in [0.05, 0.1) is 5.56 Å². The Balaban J connectivity index is 1.95. The van der Waals surface area contributed by atoms with Crippen LogP contribution in [-0.4, -0.2) is 17.5 Å². The summed E-state index contributed by atoms with van der Waals surface area (Å²) in [4.78, 5) is 24.6. The highest BCUT2D eigenvalue weighted by Gasteiger charge is 2.32. The molecule has 0 unspecified atom stereocenters. The van der Waals surface area contributed by atoms with Gasteiger partial charge in [0, 0.05) is 22.9 Å². The van der Waals surface area contributed by atoms with E-state index in [1.165, 1.54) is 11.3 Å². The van der Waals surface area contributed by atoms with E-state index in [1.54, 1.807) is 0 Å². The summed E-state index contributed by atoms with van der Waals surface area (Å²) < 4.78 is 0. The molecule has 0 aromatic carbocycles. The maximum absolute atomic E-state index is 11.9. The number of thiophene rings is 1. The predicted octanol–water partition coefficient (Wildman–Crippen LogP) is 0.999. The summed E-state index contributed by atoms with van der Waals surface area (Å²) in [5, 5.41) is 7.18. The average Bonchev–Trinajstić information content (AvgIpc) is 3.19. The van der Waals surface area contributed by atoms with Crippen LogP contribution >= 0.6 is 11.3 Å². The fourth-order valence-electron chi connectivity index (χ4n) is 2.48. The van der Waals surface area contributed by atoms with E-state index >= 15 is 0 Å². The number of primary amides is 1. The number of carbonyl (C=O) groups excluding carboxylic acids is 2. The second kappa shape index (κ2) is 4.90. The van der Waals surface area contributed by atoms with Crippen LogP contribution in [0, 0.1) is 5.92 Å². The Morgan fingerprint density at radius 1 is 1.30 bits per heavy atom. The Morgan fingerprint density at radius 2 is 2.05 bits per heavy atom. The zero-order valence-electron chi connectivity index (χ0n) is 10.9. The number of hydrazone groups is 1. The second-order valence-electron chi connectivity index (χ2n) is 5.21. The van der Waals surface area contributed by atoms with Crippen LogP contribution in [0.3, 0.4) is 0 Å². The zero-order chi connectivity index (χ0) is 14.3. The molecule has 1 aromatic heterocycles. The lowest BCUT2D eigenvalue weighted by Gasteiger charge is -2.13. The molecule has 0 bridgehead atoms. The molecular formula is C13H16N4O2S. The van der Waals surface area contributed by atoms with E-state index in [9.17, 15) is 9.59 Å². The van der Waals surface area contributed by atoms with Gasteiger partial charge >= 0.3 is 0 Å². The van der Waals surface area contributed by atoms with Crippen LogP contribution in [0.4, 0.5) is 5.00 Å². The van der Waals surface area contributed by atoms with Crippen molar-refractivity contribution in [2.24, 2.45) is 22.6 Å². The first-order valence-corrected chi connectivity index (χ1v) is 7.42. The van der Waals surface area contributed by atoms with Gasteiger partial charge in [-0.1, -0.05) is 0 Å². The van der Waals surface area contributed by atoms with Gasteiger partial charge in [-0.3, -0.25) is 9.59 Å². The van der Waals surface area contributed by atoms with E-state index in [1.807, 2.05) is 0 Å². The standard InChI is InChI=1S/C13H16N4O2S/c14-11(18)10-8-4-3-7(17-15)5-9(8)20-13(10)16-12(19)6-1-2-6/h6H,1-5,15H2,(H2,14,18)(H,16,19)/b17-7+. The van der Waals surface area contributed by atoms with Gasteiger partial charge in [0.1, 0.15) is 5.00 Å². The predicted molar refractivity (Wildman–Crippen MR) is 77.8 cm³/mol. The monoisotopic (exact) mass is 292 g/mol. The van der Waals surface area contributed by atoms with Crippen molar-refractivity contribution >= 4 is 33.9 Å². The van der Waals surface area contributed by atoms with Crippen LogP contribution in [0.1, 0.15) is 40.1 Å². The summed E-state index contributed by atoms with van der Waals surface area (Å²) in [5.74, 6) is 4.92. The molecule has 2 amide bonds. The summed E-state index contributed by atoms with van der Waals surface area (Å²) >= 11 is 1.41. The van der Waals surface area contributed by atoms with E-state index in [-0.39, 0.29) is 11.8 Å². The molecular weight excluding hydrogens is 276 g/mol. The van der Waals surface area contributed by atoms with Gasteiger partial charge in [-0.2, -0.15) is 5.10 Å². The molecule has 0 radical (unpaired) electrons. The van der Waals surface area contributed by atoms with Crippen molar-refractivity contribution in [3.63, 3.8) is 0 Å². The van der Waals surface area contributed by atoms with Gasteiger partial charge in [0.25, 0.3) is 5.91 Å². The molecule has 7 heteroatoms. The maximum Gasteiger partial charge on any atom is 0.251 e. The van der Waals surface area contributed by atoms with Crippen molar-refractivity contribution in [3.8, 4) is 0 Å². The largest absolute Gasteiger partial charge is 0.365 e. The molecule has 3 rings (SSSR count). The van der Waals surface area contributed by atoms with Crippen molar-refractivity contribution in [3.05, 3.63) is 16.0 Å². The molecule has 106 valence electrons. The molecule has 1 heterocycles. The second-order valence-corrected chi connectivity index (χ2v) is 6.31. The number of fused-ring (bicyclic) bond motifs is 1. The van der Waals surface area contributed by atoms with Gasteiger partial charge in [-0.25, -0.2) is 0 Å². The minimum atomic E-state index is -0.485. The van der Waals surface area contributed by atoms with Crippen LogP contribution in [0.15, 0.2) is 5.10 Å². The topological polar surface area (TPSA) is 111 Å². The fraction of sp³-hybridized carbons (Fsp3) is 0.462. The van der Waals surface area contributed by atoms with E-state index < -0.39 is 5.91 Å². The lowest BCUT2D eigenvalue weighted by atomic mass is 9.94. The van der Waals surface area contributed by atoms with Gasteiger partial charge in [-0.05, 0) is 31.2 Å². The Morgan fingerprint density at radius 3 is 2.65 bits per heavy atom. The highest BCUT2D eigenvalue weighted by atomic mass is 32.1. The minimum absolute atomic E-state index is 0.0150. The molecule has 0 spiro atoms. The maximum atomic E-state index is 11.9. The van der Waals surface area contributed by atoms with E-state index in [4.69, 9.17) is 11.6 Å². The number of nitrogens with one attached hydrogen (secondary N) is 1. The van der Waals surface area contributed by atoms with Gasteiger partial charge in [0.2, 0.25) is 5.91 Å². The number of nitrogens with two attached hydrogens (primary N) is 2. The molecule has 1 aromatic rings. The van der Waals surface area contributed by atoms with Crippen LogP contribution in [0.2, 0.25) is 0 Å². The molecule has 1 fully saturated rings. The molecule has 20 heavy (non-hydrogen) atoms. The highest BCUT2D eigenvalue weighted by Crippen LogP contribution is 2.39. The fourth-order valence-corrected chi connectivity index (χ4v) is 3.77. The molecule has 5 N–H and O–H groups in total. The molecule has 0 atom stereocenters. The minimum Gasteiger partial charge on any atom is -0.365 e. The highest BCUT2D eigenvalue weighted by molar-refractivity contribution is 7.17. The third kappa shape index (κ3) is 2.29. The van der Waals surface area contributed by atoms with Gasteiger partial charge in [-0.15, -0.1) is 11.3 Å². The Hall–Kier alpha value is -1.89. The average molecular weight is 292 g/mol. The smallest absolute Gasteiger partial charge is 0.251 e. The van der Waals surface area contributed by atoms with Crippen molar-refractivity contribution < 1.29 is 9.59 Å². The molecule has 1 saturated carbocycles. The van der Waals surface area contributed by atoms with Crippen molar-refractivity contribution in [1.29, 1.82) is 0 Å². The zero-order valence-corrected chi connectivity index (χ0v) is 11.8. The first-order chi connectivity index (χ1) is 9.60. The lowest BCUT2D eigenvalue weighted by Crippen LogP contribution is -2.20. The normalized spacial score (nSPS) is 19.7. The number of carbonyl (C=O) groups is 2. The molecule has 2 aliphatic carbocycles. The summed E-state index contributed by atoms with van der Waals surface area (Å²) in [6.45, 7) is 0. The molecule has 0 saturated heterocycles. The van der Waals surface area contributed by atoms with Crippen LogP contribution in [0.25, 0.3) is 0 Å². The lowest BCUT2D eigenvalue weighted by molar-refractivity contribution is -0.117. The van der Waals surface area contributed by atoms with Crippen LogP contribution in [0.5, 0.6) is 0 Å². The first-order valence-electron chi connectivity index (χ1n) is 6.61. The van der Waals surface area contributed by atoms with Crippen molar-refractivity contribution in [1.82, 2.24) is 0 Å². The third-order valence-corrected chi connectivity index (χ3v) is 4.88. The number of anilines is 1.